The Morgan fingerprint density at radius 1 is 1.50 bits per heavy atom. The molecule has 1 rings (SSSR count). The van der Waals surface area contributed by atoms with Crippen molar-refractivity contribution in [2.24, 2.45) is 5.84 Å². The zero-order valence-electron chi connectivity index (χ0n) is 5.71. The molecule has 4 nitrogen and oxygen atoms in total. The normalized spacial score (nSPS) is 31.9. The average Bonchev–Trinajstić information content (AvgIpc) is 1.86. The van der Waals surface area contributed by atoms with Gasteiger partial charge in [0.05, 0.1) is 11.5 Å². The van der Waals surface area contributed by atoms with Crippen LogP contribution in [0.1, 0.15) is 12.8 Å². The van der Waals surface area contributed by atoms with E-state index in [1.807, 2.05) is 0 Å². The van der Waals surface area contributed by atoms with E-state index < -0.39 is 9.84 Å². The van der Waals surface area contributed by atoms with E-state index in [4.69, 9.17) is 5.84 Å². The zero-order chi connectivity index (χ0) is 7.61. The van der Waals surface area contributed by atoms with Gasteiger partial charge in [0.15, 0.2) is 9.84 Å². The average molecular weight is 164 g/mol. The fourth-order valence-electron chi connectivity index (χ4n) is 1.15. The summed E-state index contributed by atoms with van der Waals surface area (Å²) in [6.07, 6.45) is 1.60. The number of nitrogens with one attached hydrogen (secondary N) is 1. The van der Waals surface area contributed by atoms with E-state index in [1.54, 1.807) is 0 Å². The quantitative estimate of drug-likeness (QED) is 0.386. The van der Waals surface area contributed by atoms with Crippen LogP contribution in [0.4, 0.5) is 0 Å². The van der Waals surface area contributed by atoms with Crippen LogP contribution in [0.2, 0.25) is 0 Å². The smallest absolute Gasteiger partial charge is 0.151 e. The molecule has 0 aromatic heterocycles. The van der Waals surface area contributed by atoms with Gasteiger partial charge in [0, 0.05) is 6.04 Å². The van der Waals surface area contributed by atoms with Crippen molar-refractivity contribution in [2.45, 2.75) is 18.9 Å². The highest BCUT2D eigenvalue weighted by atomic mass is 32.2. The van der Waals surface area contributed by atoms with Gasteiger partial charge in [-0.3, -0.25) is 11.3 Å². The molecule has 60 valence electrons. The molecule has 0 spiro atoms. The minimum absolute atomic E-state index is 0.0289. The van der Waals surface area contributed by atoms with Gasteiger partial charge in [-0.05, 0) is 12.8 Å². The maximum Gasteiger partial charge on any atom is 0.151 e. The van der Waals surface area contributed by atoms with Gasteiger partial charge in [-0.1, -0.05) is 0 Å². The Morgan fingerprint density at radius 3 is 2.60 bits per heavy atom. The van der Waals surface area contributed by atoms with Crippen LogP contribution in [0.15, 0.2) is 0 Å². The Balaban J connectivity index is 2.56. The standard InChI is InChI=1S/C5H12N2O2S/c6-7-5-2-1-3-10(8,9)4-5/h5,7H,1-4,6H2/t5-/m1/s1. The van der Waals surface area contributed by atoms with Crippen LogP contribution in [0.5, 0.6) is 0 Å². The second kappa shape index (κ2) is 2.86. The highest BCUT2D eigenvalue weighted by Gasteiger charge is 2.23. The zero-order valence-corrected chi connectivity index (χ0v) is 6.52. The van der Waals surface area contributed by atoms with Gasteiger partial charge in [-0.2, -0.15) is 0 Å². The van der Waals surface area contributed by atoms with Gasteiger partial charge in [-0.15, -0.1) is 0 Å². The van der Waals surface area contributed by atoms with Crippen LogP contribution in [-0.2, 0) is 9.84 Å². The maximum absolute atomic E-state index is 10.9. The topological polar surface area (TPSA) is 72.2 Å². The number of sulfone groups is 1. The van der Waals surface area contributed by atoms with Crippen molar-refractivity contribution >= 4 is 9.84 Å². The predicted octanol–water partition coefficient (Wildman–Crippen LogP) is -0.973. The minimum Gasteiger partial charge on any atom is -0.271 e. The third-order valence-corrected chi connectivity index (χ3v) is 3.52. The first-order valence-corrected chi connectivity index (χ1v) is 5.13. The number of hydrogen-bond donors (Lipinski definition) is 2. The maximum atomic E-state index is 10.9. The predicted molar refractivity (Wildman–Crippen MR) is 39.0 cm³/mol. The monoisotopic (exact) mass is 164 g/mol. The Hall–Kier alpha value is -0.130. The fourth-order valence-corrected chi connectivity index (χ4v) is 2.80. The number of rotatable bonds is 1. The summed E-state index contributed by atoms with van der Waals surface area (Å²) in [5, 5.41) is 0. The van der Waals surface area contributed by atoms with Gasteiger partial charge in [0.25, 0.3) is 0 Å². The van der Waals surface area contributed by atoms with Crippen molar-refractivity contribution in [1.29, 1.82) is 0 Å². The highest BCUT2D eigenvalue weighted by Crippen LogP contribution is 2.10. The molecule has 0 bridgehead atoms. The first-order valence-electron chi connectivity index (χ1n) is 3.30. The van der Waals surface area contributed by atoms with Crippen molar-refractivity contribution in [3.05, 3.63) is 0 Å². The van der Waals surface area contributed by atoms with Crippen LogP contribution in [-0.4, -0.2) is 26.0 Å². The van der Waals surface area contributed by atoms with E-state index in [1.165, 1.54) is 0 Å². The summed E-state index contributed by atoms with van der Waals surface area (Å²) in [7, 11) is -2.79. The molecular formula is C5H12N2O2S. The third-order valence-electron chi connectivity index (χ3n) is 1.70. The van der Waals surface area contributed by atoms with Gasteiger partial charge in [-0.25, -0.2) is 8.42 Å². The molecule has 0 aromatic rings. The summed E-state index contributed by atoms with van der Waals surface area (Å²) < 4.78 is 21.8. The highest BCUT2D eigenvalue weighted by molar-refractivity contribution is 7.91. The summed E-state index contributed by atoms with van der Waals surface area (Å²) in [6.45, 7) is 0. The molecule has 0 aliphatic carbocycles. The van der Waals surface area contributed by atoms with Gasteiger partial charge < -0.3 is 0 Å². The molecule has 1 atom stereocenters. The summed E-state index contributed by atoms with van der Waals surface area (Å²) in [5.74, 6) is 5.63. The number of hydrogen-bond acceptors (Lipinski definition) is 4. The fraction of sp³-hybridized carbons (Fsp3) is 1.00. The van der Waals surface area contributed by atoms with Gasteiger partial charge in [0.1, 0.15) is 0 Å². The van der Waals surface area contributed by atoms with Crippen molar-refractivity contribution in [3.63, 3.8) is 0 Å². The third kappa shape index (κ3) is 1.93. The lowest BCUT2D eigenvalue weighted by molar-refractivity contribution is 0.491. The Kier molecular flexibility index (Phi) is 2.28. The first kappa shape index (κ1) is 7.97. The van der Waals surface area contributed by atoms with E-state index in [-0.39, 0.29) is 11.8 Å². The van der Waals surface area contributed by atoms with Crippen molar-refractivity contribution in [1.82, 2.24) is 5.43 Å². The van der Waals surface area contributed by atoms with E-state index in [0.717, 1.165) is 12.8 Å². The van der Waals surface area contributed by atoms with E-state index in [0.29, 0.717) is 5.75 Å². The SMILES string of the molecule is NN[C@@H]1CCCS(=O)(=O)C1. The number of nitrogens with two attached hydrogens (primary N) is 1. The molecular weight excluding hydrogens is 152 g/mol. The van der Waals surface area contributed by atoms with Crippen LogP contribution < -0.4 is 11.3 Å². The molecule has 1 aliphatic heterocycles. The number of hydrazine groups is 1. The molecule has 0 radical (unpaired) electrons. The molecule has 0 saturated carbocycles. The summed E-state index contributed by atoms with van der Waals surface area (Å²) in [4.78, 5) is 0. The summed E-state index contributed by atoms with van der Waals surface area (Å²) in [6, 6.07) is -0.0289. The van der Waals surface area contributed by atoms with Crippen LogP contribution in [0, 0.1) is 0 Å². The van der Waals surface area contributed by atoms with Crippen LogP contribution >= 0.6 is 0 Å². The summed E-state index contributed by atoms with van der Waals surface area (Å²) in [5.41, 5.74) is 2.48. The van der Waals surface area contributed by atoms with Crippen molar-refractivity contribution < 1.29 is 8.42 Å². The van der Waals surface area contributed by atoms with Crippen molar-refractivity contribution in [2.75, 3.05) is 11.5 Å². The molecule has 5 heteroatoms. The van der Waals surface area contributed by atoms with Crippen LogP contribution in [0.3, 0.4) is 0 Å². The molecule has 3 N–H and O–H groups in total. The van der Waals surface area contributed by atoms with Gasteiger partial charge >= 0.3 is 0 Å². The lowest BCUT2D eigenvalue weighted by atomic mass is 10.2. The van der Waals surface area contributed by atoms with Crippen molar-refractivity contribution in [3.8, 4) is 0 Å². The van der Waals surface area contributed by atoms with E-state index in [9.17, 15) is 8.42 Å². The molecule has 0 unspecified atom stereocenters. The first-order chi connectivity index (χ1) is 4.64. The lowest BCUT2D eigenvalue weighted by Crippen LogP contribution is -2.43. The second-order valence-electron chi connectivity index (χ2n) is 2.62. The minimum atomic E-state index is -2.79. The molecule has 0 amide bonds. The largest absolute Gasteiger partial charge is 0.271 e. The Morgan fingerprint density at radius 2 is 2.20 bits per heavy atom. The second-order valence-corrected chi connectivity index (χ2v) is 4.85. The summed E-state index contributed by atoms with van der Waals surface area (Å²) >= 11 is 0. The van der Waals surface area contributed by atoms with E-state index >= 15 is 0 Å². The van der Waals surface area contributed by atoms with Gasteiger partial charge in [0.2, 0.25) is 0 Å². The van der Waals surface area contributed by atoms with E-state index in [2.05, 4.69) is 5.43 Å². The lowest BCUT2D eigenvalue weighted by Gasteiger charge is -2.20. The molecule has 1 saturated heterocycles. The molecule has 1 heterocycles. The molecule has 10 heavy (non-hydrogen) atoms. The molecule has 0 aromatic carbocycles. The Labute approximate surface area is 60.7 Å². The van der Waals surface area contributed by atoms with Crippen LogP contribution in [0.25, 0.3) is 0 Å². The molecule has 1 fully saturated rings. The molecule has 1 aliphatic rings. The Bertz CT molecular complexity index is 200.